The first kappa shape index (κ1) is 11.6. The van der Waals surface area contributed by atoms with Crippen LogP contribution in [-0.4, -0.2) is 22.6 Å². The van der Waals surface area contributed by atoms with Crippen LogP contribution < -0.4 is 5.32 Å². The van der Waals surface area contributed by atoms with E-state index in [2.05, 4.69) is 21.5 Å². The molecule has 1 saturated carbocycles. The van der Waals surface area contributed by atoms with Gasteiger partial charge in [-0.15, -0.1) is 0 Å². The number of carbonyl (C=O) groups excluding carboxylic acids is 1. The van der Waals surface area contributed by atoms with Crippen molar-refractivity contribution >= 4 is 5.91 Å². The molecule has 1 aromatic rings. The Balaban J connectivity index is 1.83. The van der Waals surface area contributed by atoms with E-state index < -0.39 is 5.41 Å². The first-order valence-corrected chi connectivity index (χ1v) is 5.72. The molecule has 2 rings (SSSR count). The molecule has 0 unspecified atom stereocenters. The minimum Gasteiger partial charge on any atom is -0.354 e. The zero-order chi connectivity index (χ0) is 12.1. The summed E-state index contributed by atoms with van der Waals surface area (Å²) in [4.78, 5) is 15.8. The number of nitrogens with zero attached hydrogens (tertiary/aromatic N) is 3. The normalized spacial score (nSPS) is 17.6. The highest BCUT2D eigenvalue weighted by atomic mass is 16.5. The monoisotopic (exact) mass is 234 g/mol. The molecule has 1 aliphatic carbocycles. The van der Waals surface area contributed by atoms with Crippen LogP contribution in [0.1, 0.15) is 31.6 Å². The number of nitriles is 1. The molecule has 1 N–H and O–H groups in total. The Morgan fingerprint density at radius 3 is 2.94 bits per heavy atom. The Morgan fingerprint density at radius 2 is 2.35 bits per heavy atom. The molecule has 90 valence electrons. The maximum atomic E-state index is 11.9. The summed E-state index contributed by atoms with van der Waals surface area (Å²) >= 11 is 0. The number of carbonyl (C=O) groups is 1. The smallest absolute Gasteiger partial charge is 0.240 e. The molecule has 1 aliphatic rings. The lowest BCUT2D eigenvalue weighted by molar-refractivity contribution is -0.127. The number of rotatable bonds is 4. The van der Waals surface area contributed by atoms with Gasteiger partial charge in [0.1, 0.15) is 5.41 Å². The third-order valence-electron chi connectivity index (χ3n) is 3.14. The third-order valence-corrected chi connectivity index (χ3v) is 3.14. The second-order valence-electron chi connectivity index (χ2n) is 4.24. The van der Waals surface area contributed by atoms with E-state index in [0.29, 0.717) is 31.7 Å². The van der Waals surface area contributed by atoms with Crippen LogP contribution in [0.2, 0.25) is 0 Å². The fourth-order valence-corrected chi connectivity index (χ4v) is 2.13. The topological polar surface area (TPSA) is 91.8 Å². The molecule has 0 bridgehead atoms. The molecular formula is C11H14N4O2. The number of hydrogen-bond donors (Lipinski definition) is 1. The van der Waals surface area contributed by atoms with Crippen molar-refractivity contribution in [1.29, 1.82) is 5.26 Å². The van der Waals surface area contributed by atoms with E-state index in [1.807, 2.05) is 0 Å². The van der Waals surface area contributed by atoms with Crippen LogP contribution in [0.3, 0.4) is 0 Å². The van der Waals surface area contributed by atoms with Gasteiger partial charge in [-0.3, -0.25) is 4.79 Å². The molecule has 0 spiro atoms. The largest absolute Gasteiger partial charge is 0.354 e. The van der Waals surface area contributed by atoms with Crippen LogP contribution in [-0.2, 0) is 11.2 Å². The minimum absolute atomic E-state index is 0.169. The molecule has 6 nitrogen and oxygen atoms in total. The molecule has 0 radical (unpaired) electrons. The van der Waals surface area contributed by atoms with Gasteiger partial charge in [0.2, 0.25) is 11.8 Å². The number of aromatic nitrogens is 2. The van der Waals surface area contributed by atoms with Crippen molar-refractivity contribution in [2.45, 2.75) is 32.1 Å². The van der Waals surface area contributed by atoms with E-state index in [-0.39, 0.29) is 5.91 Å². The predicted molar refractivity (Wildman–Crippen MR) is 57.5 cm³/mol. The SMILES string of the molecule is N#CC1(C(=O)NCCc2ncno2)CCCC1. The molecule has 1 fully saturated rings. The Hall–Kier alpha value is -1.90. The van der Waals surface area contributed by atoms with E-state index in [4.69, 9.17) is 9.78 Å². The van der Waals surface area contributed by atoms with Gasteiger partial charge in [-0.05, 0) is 12.8 Å². The molecule has 1 aromatic heterocycles. The van der Waals surface area contributed by atoms with Gasteiger partial charge >= 0.3 is 0 Å². The third kappa shape index (κ3) is 2.44. The first-order chi connectivity index (χ1) is 8.27. The second kappa shape index (κ2) is 4.95. The Kier molecular flexibility index (Phi) is 3.38. The van der Waals surface area contributed by atoms with E-state index in [9.17, 15) is 4.79 Å². The van der Waals surface area contributed by atoms with Crippen LogP contribution in [0.15, 0.2) is 10.9 Å². The van der Waals surface area contributed by atoms with Crippen molar-refractivity contribution < 1.29 is 9.32 Å². The highest BCUT2D eigenvalue weighted by molar-refractivity contribution is 5.85. The maximum absolute atomic E-state index is 11.9. The Morgan fingerprint density at radius 1 is 1.59 bits per heavy atom. The van der Waals surface area contributed by atoms with E-state index in [0.717, 1.165) is 12.8 Å². The summed E-state index contributed by atoms with van der Waals surface area (Å²) in [7, 11) is 0. The molecule has 0 aliphatic heterocycles. The van der Waals surface area contributed by atoms with Gasteiger partial charge in [0.05, 0.1) is 6.07 Å². The van der Waals surface area contributed by atoms with Crippen LogP contribution in [0, 0.1) is 16.7 Å². The lowest BCUT2D eigenvalue weighted by Crippen LogP contribution is -2.39. The van der Waals surface area contributed by atoms with Crippen molar-refractivity contribution in [1.82, 2.24) is 15.5 Å². The van der Waals surface area contributed by atoms with Crippen molar-refractivity contribution in [3.8, 4) is 6.07 Å². The van der Waals surface area contributed by atoms with Crippen LogP contribution >= 0.6 is 0 Å². The number of amides is 1. The average Bonchev–Trinajstić information content (AvgIpc) is 3.00. The Bertz CT molecular complexity index is 415. The van der Waals surface area contributed by atoms with Crippen molar-refractivity contribution in [2.24, 2.45) is 5.41 Å². The molecule has 6 heteroatoms. The summed E-state index contributed by atoms with van der Waals surface area (Å²) in [6.45, 7) is 0.421. The molecule has 1 heterocycles. The molecule has 0 atom stereocenters. The van der Waals surface area contributed by atoms with E-state index in [1.165, 1.54) is 6.33 Å². The van der Waals surface area contributed by atoms with E-state index >= 15 is 0 Å². The fourth-order valence-electron chi connectivity index (χ4n) is 2.13. The standard InChI is InChI=1S/C11H14N4O2/c12-7-11(4-1-2-5-11)10(16)13-6-3-9-14-8-15-17-9/h8H,1-6H2,(H,13,16). The zero-order valence-electron chi connectivity index (χ0n) is 9.48. The number of nitrogens with one attached hydrogen (secondary N) is 1. The molecule has 0 aromatic carbocycles. The van der Waals surface area contributed by atoms with Crippen molar-refractivity contribution in [3.63, 3.8) is 0 Å². The summed E-state index contributed by atoms with van der Waals surface area (Å²) in [6, 6.07) is 2.16. The van der Waals surface area contributed by atoms with Crippen LogP contribution in [0.4, 0.5) is 0 Å². The molecule has 17 heavy (non-hydrogen) atoms. The summed E-state index contributed by atoms with van der Waals surface area (Å²) in [5.74, 6) is 0.319. The minimum atomic E-state index is -0.811. The van der Waals surface area contributed by atoms with Gasteiger partial charge < -0.3 is 9.84 Å². The average molecular weight is 234 g/mol. The van der Waals surface area contributed by atoms with Crippen LogP contribution in [0.5, 0.6) is 0 Å². The second-order valence-corrected chi connectivity index (χ2v) is 4.24. The summed E-state index contributed by atoms with van der Waals surface area (Å²) < 4.78 is 4.81. The van der Waals surface area contributed by atoms with Gasteiger partial charge in [-0.25, -0.2) is 0 Å². The predicted octanol–water partition coefficient (Wildman–Crippen LogP) is 0.812. The lowest BCUT2D eigenvalue weighted by Gasteiger charge is -2.18. The fraction of sp³-hybridized carbons (Fsp3) is 0.636. The summed E-state index contributed by atoms with van der Waals surface area (Å²) in [5, 5.41) is 15.4. The molecule has 1 amide bonds. The van der Waals surface area contributed by atoms with Crippen molar-refractivity contribution in [2.75, 3.05) is 6.54 Å². The van der Waals surface area contributed by atoms with Gasteiger partial charge in [0, 0.05) is 13.0 Å². The number of hydrogen-bond acceptors (Lipinski definition) is 5. The van der Waals surface area contributed by atoms with Gasteiger partial charge in [-0.2, -0.15) is 10.2 Å². The zero-order valence-corrected chi connectivity index (χ0v) is 9.48. The molecule has 0 saturated heterocycles. The van der Waals surface area contributed by atoms with Crippen LogP contribution in [0.25, 0.3) is 0 Å². The highest BCUT2D eigenvalue weighted by Gasteiger charge is 2.41. The summed E-state index contributed by atoms with van der Waals surface area (Å²) in [6.07, 6.45) is 5.04. The quantitative estimate of drug-likeness (QED) is 0.832. The van der Waals surface area contributed by atoms with Gasteiger partial charge in [-0.1, -0.05) is 18.0 Å². The highest BCUT2D eigenvalue weighted by Crippen LogP contribution is 2.37. The first-order valence-electron chi connectivity index (χ1n) is 5.72. The van der Waals surface area contributed by atoms with Gasteiger partial charge in [0.25, 0.3) is 0 Å². The molecular weight excluding hydrogens is 220 g/mol. The summed E-state index contributed by atoms with van der Waals surface area (Å²) in [5.41, 5.74) is -0.811. The maximum Gasteiger partial charge on any atom is 0.240 e. The van der Waals surface area contributed by atoms with Crippen molar-refractivity contribution in [3.05, 3.63) is 12.2 Å². The lowest BCUT2D eigenvalue weighted by atomic mass is 9.87. The van der Waals surface area contributed by atoms with E-state index in [1.54, 1.807) is 0 Å². The Labute approximate surface area is 99.0 Å². The van der Waals surface area contributed by atoms with Gasteiger partial charge in [0.15, 0.2) is 6.33 Å².